The lowest BCUT2D eigenvalue weighted by Gasteiger charge is -2.16. The first-order valence-corrected chi connectivity index (χ1v) is 9.54. The average molecular weight is 385 g/mol. The Morgan fingerprint density at radius 1 is 1.07 bits per heavy atom. The SMILES string of the molecule is CCc1c([O-])[n+](Cc2ccccc2)c2nc3c(nn2c1=O)c1ccccc1n3C. The van der Waals surface area contributed by atoms with E-state index in [0.717, 1.165) is 16.5 Å². The van der Waals surface area contributed by atoms with Crippen molar-refractivity contribution in [1.82, 2.24) is 19.2 Å². The van der Waals surface area contributed by atoms with Crippen LogP contribution in [0.2, 0.25) is 0 Å². The lowest BCUT2D eigenvalue weighted by atomic mass is 10.2. The molecule has 7 heteroatoms. The van der Waals surface area contributed by atoms with Crippen LogP contribution in [0.25, 0.3) is 27.8 Å². The summed E-state index contributed by atoms with van der Waals surface area (Å²) in [6.45, 7) is 2.13. The van der Waals surface area contributed by atoms with E-state index in [0.29, 0.717) is 24.1 Å². The van der Waals surface area contributed by atoms with Gasteiger partial charge in [-0.05, 0) is 23.0 Å². The highest BCUT2D eigenvalue weighted by molar-refractivity contribution is 6.04. The van der Waals surface area contributed by atoms with E-state index in [4.69, 9.17) is 4.98 Å². The minimum Gasteiger partial charge on any atom is -0.848 e. The largest absolute Gasteiger partial charge is 0.848 e. The second kappa shape index (κ2) is 6.41. The van der Waals surface area contributed by atoms with Crippen molar-refractivity contribution in [2.45, 2.75) is 19.9 Å². The van der Waals surface area contributed by atoms with Crippen LogP contribution in [0.4, 0.5) is 0 Å². The molecule has 0 saturated heterocycles. The van der Waals surface area contributed by atoms with E-state index in [1.54, 1.807) is 11.5 Å². The number of rotatable bonds is 3. The van der Waals surface area contributed by atoms with Gasteiger partial charge in [0, 0.05) is 18.3 Å². The quantitative estimate of drug-likeness (QED) is 0.443. The molecule has 0 atom stereocenters. The third kappa shape index (κ3) is 2.51. The molecule has 0 amide bonds. The summed E-state index contributed by atoms with van der Waals surface area (Å²) in [4.78, 5) is 17.7. The fourth-order valence-electron chi connectivity index (χ4n) is 3.87. The maximum atomic E-state index is 13.1. The number of hydrogen-bond donors (Lipinski definition) is 0. The van der Waals surface area contributed by atoms with Crippen LogP contribution >= 0.6 is 0 Å². The van der Waals surface area contributed by atoms with Crippen LogP contribution in [0.5, 0.6) is 5.88 Å². The zero-order chi connectivity index (χ0) is 20.1. The molecule has 7 nitrogen and oxygen atoms in total. The third-order valence-corrected chi connectivity index (χ3v) is 5.38. The van der Waals surface area contributed by atoms with Crippen molar-refractivity contribution in [3.63, 3.8) is 0 Å². The summed E-state index contributed by atoms with van der Waals surface area (Å²) in [6.07, 6.45) is 0.338. The zero-order valence-electron chi connectivity index (χ0n) is 16.2. The second-order valence-corrected chi connectivity index (χ2v) is 7.09. The molecule has 5 rings (SSSR count). The molecule has 0 aliphatic rings. The summed E-state index contributed by atoms with van der Waals surface area (Å²) >= 11 is 0. The predicted octanol–water partition coefficient (Wildman–Crippen LogP) is 1.71. The molecule has 0 radical (unpaired) electrons. The van der Waals surface area contributed by atoms with Crippen molar-refractivity contribution in [3.05, 3.63) is 76.1 Å². The Balaban J connectivity index is 1.92. The van der Waals surface area contributed by atoms with Crippen molar-refractivity contribution < 1.29 is 9.67 Å². The third-order valence-electron chi connectivity index (χ3n) is 5.38. The number of benzene rings is 2. The topological polar surface area (TPSA) is 79.1 Å². The molecule has 0 unspecified atom stereocenters. The van der Waals surface area contributed by atoms with Crippen molar-refractivity contribution >= 4 is 27.8 Å². The normalized spacial score (nSPS) is 11.7. The van der Waals surface area contributed by atoms with Gasteiger partial charge in [0.2, 0.25) is 5.65 Å². The molecule has 144 valence electrons. The standard InChI is InChI=1S/C22H19N5O2/c1-3-15-20(28)26(13-14-9-5-4-6-10-14)22-23-19-18(24-27(22)21(15)29)16-11-7-8-12-17(16)25(19)2/h4-12H,3,13H2,1-2H3. The van der Waals surface area contributed by atoms with Gasteiger partial charge in [0.1, 0.15) is 0 Å². The fraction of sp³-hybridized carbons (Fsp3) is 0.182. The minimum absolute atomic E-state index is 0.215. The van der Waals surface area contributed by atoms with Crippen LogP contribution in [-0.4, -0.2) is 19.2 Å². The Labute approximate surface area is 166 Å². The van der Waals surface area contributed by atoms with Crippen molar-refractivity contribution in [3.8, 4) is 5.88 Å². The van der Waals surface area contributed by atoms with E-state index in [1.165, 1.54) is 4.52 Å². The van der Waals surface area contributed by atoms with E-state index >= 15 is 0 Å². The first kappa shape index (κ1) is 17.4. The van der Waals surface area contributed by atoms with E-state index < -0.39 is 5.56 Å². The van der Waals surface area contributed by atoms with Crippen LogP contribution in [0, 0.1) is 0 Å². The van der Waals surface area contributed by atoms with Crippen molar-refractivity contribution in [2.75, 3.05) is 0 Å². The van der Waals surface area contributed by atoms with E-state index in [-0.39, 0.29) is 17.2 Å². The fourth-order valence-corrected chi connectivity index (χ4v) is 3.87. The highest BCUT2D eigenvalue weighted by Gasteiger charge is 2.24. The second-order valence-electron chi connectivity index (χ2n) is 7.09. The summed E-state index contributed by atoms with van der Waals surface area (Å²) in [7, 11) is 1.91. The van der Waals surface area contributed by atoms with Gasteiger partial charge in [-0.3, -0.25) is 0 Å². The average Bonchev–Trinajstić information content (AvgIpc) is 3.03. The number of para-hydroxylation sites is 1. The Bertz CT molecular complexity index is 1450. The lowest BCUT2D eigenvalue weighted by Crippen LogP contribution is -2.46. The summed E-state index contributed by atoms with van der Waals surface area (Å²) in [5, 5.41) is 18.7. The molecule has 5 aromatic rings. The summed E-state index contributed by atoms with van der Waals surface area (Å²) in [6, 6.07) is 17.5. The van der Waals surface area contributed by atoms with E-state index in [9.17, 15) is 9.90 Å². The molecule has 0 aliphatic carbocycles. The predicted molar refractivity (Wildman–Crippen MR) is 108 cm³/mol. The van der Waals surface area contributed by atoms with Crippen LogP contribution in [-0.2, 0) is 20.0 Å². The Morgan fingerprint density at radius 3 is 2.55 bits per heavy atom. The molecule has 3 aromatic heterocycles. The highest BCUT2D eigenvalue weighted by atomic mass is 16.3. The molecule has 2 aromatic carbocycles. The van der Waals surface area contributed by atoms with Crippen molar-refractivity contribution in [2.24, 2.45) is 7.05 Å². The van der Waals surface area contributed by atoms with Gasteiger partial charge in [0.25, 0.3) is 0 Å². The number of fused-ring (bicyclic) bond motifs is 4. The van der Waals surface area contributed by atoms with Crippen LogP contribution in [0.15, 0.2) is 59.4 Å². The minimum atomic E-state index is -0.404. The van der Waals surface area contributed by atoms with E-state index in [1.807, 2.05) is 66.2 Å². The number of aryl methyl sites for hydroxylation is 1. The first-order valence-electron chi connectivity index (χ1n) is 9.54. The molecule has 0 saturated carbocycles. The maximum Gasteiger partial charge on any atom is 0.428 e. The van der Waals surface area contributed by atoms with Gasteiger partial charge in [-0.1, -0.05) is 65.1 Å². The number of aromatic nitrogens is 5. The molecule has 0 N–H and O–H groups in total. The molecule has 29 heavy (non-hydrogen) atoms. The maximum absolute atomic E-state index is 13.1. The molecule has 0 fully saturated rings. The van der Waals surface area contributed by atoms with Gasteiger partial charge in [-0.15, -0.1) is 0 Å². The van der Waals surface area contributed by atoms with Crippen LogP contribution < -0.4 is 15.2 Å². The smallest absolute Gasteiger partial charge is 0.428 e. The Morgan fingerprint density at radius 2 is 1.79 bits per heavy atom. The van der Waals surface area contributed by atoms with E-state index in [2.05, 4.69) is 5.10 Å². The molecule has 0 bridgehead atoms. The van der Waals surface area contributed by atoms with Gasteiger partial charge in [-0.2, -0.15) is 0 Å². The molecule has 0 spiro atoms. The molecule has 0 aliphatic heterocycles. The summed E-state index contributed by atoms with van der Waals surface area (Å²) in [5.74, 6) is -0.0618. The Hall–Kier alpha value is -3.74. The number of hydrogen-bond acceptors (Lipinski definition) is 4. The van der Waals surface area contributed by atoms with Gasteiger partial charge in [0.15, 0.2) is 5.52 Å². The van der Waals surface area contributed by atoms with Crippen LogP contribution in [0.3, 0.4) is 0 Å². The van der Waals surface area contributed by atoms with Gasteiger partial charge in [0.05, 0.1) is 17.6 Å². The summed E-state index contributed by atoms with van der Waals surface area (Å²) in [5.41, 5.74) is 3.02. The lowest BCUT2D eigenvalue weighted by molar-refractivity contribution is -0.711. The highest BCUT2D eigenvalue weighted by Crippen LogP contribution is 2.24. The van der Waals surface area contributed by atoms with Crippen molar-refractivity contribution in [1.29, 1.82) is 0 Å². The Kier molecular flexibility index (Phi) is 3.84. The zero-order valence-corrected chi connectivity index (χ0v) is 16.2. The van der Waals surface area contributed by atoms with Gasteiger partial charge in [-0.25, -0.2) is 9.36 Å². The number of nitrogens with zero attached hydrogens (tertiary/aromatic N) is 5. The first-order chi connectivity index (χ1) is 14.1. The molecular formula is C22H19N5O2. The van der Waals surface area contributed by atoms with Gasteiger partial charge >= 0.3 is 11.3 Å². The molecular weight excluding hydrogens is 366 g/mol. The monoisotopic (exact) mass is 385 g/mol. The summed E-state index contributed by atoms with van der Waals surface area (Å²) < 4.78 is 4.75. The molecule has 3 heterocycles. The van der Waals surface area contributed by atoms with Gasteiger partial charge < -0.3 is 9.67 Å². The van der Waals surface area contributed by atoms with Crippen LogP contribution in [0.1, 0.15) is 18.1 Å².